The van der Waals surface area contributed by atoms with Gasteiger partial charge in [-0.05, 0) is 45.1 Å². The topological polar surface area (TPSA) is 87.6 Å². The molecule has 0 bridgehead atoms. The van der Waals surface area contributed by atoms with Crippen molar-refractivity contribution in [2.75, 3.05) is 13.6 Å². The van der Waals surface area contributed by atoms with Gasteiger partial charge in [0.15, 0.2) is 5.96 Å². The summed E-state index contributed by atoms with van der Waals surface area (Å²) < 4.78 is 5.44. The van der Waals surface area contributed by atoms with Gasteiger partial charge in [0.1, 0.15) is 5.60 Å². The van der Waals surface area contributed by atoms with Crippen molar-refractivity contribution in [2.45, 2.75) is 65.1 Å². The van der Waals surface area contributed by atoms with Crippen molar-refractivity contribution in [3.63, 3.8) is 0 Å². The van der Waals surface area contributed by atoms with Gasteiger partial charge in [0, 0.05) is 25.2 Å². The second kappa shape index (κ2) is 10.3. The molecule has 1 heterocycles. The van der Waals surface area contributed by atoms with Crippen molar-refractivity contribution in [3.05, 3.63) is 42.2 Å². The van der Waals surface area contributed by atoms with Gasteiger partial charge >= 0.3 is 6.09 Å². The van der Waals surface area contributed by atoms with Gasteiger partial charge in [-0.2, -0.15) is 0 Å². The smallest absolute Gasteiger partial charge is 0.408 e. The molecule has 30 heavy (non-hydrogen) atoms. The van der Waals surface area contributed by atoms with Crippen LogP contribution in [0.5, 0.6) is 0 Å². The number of hydrogen-bond donors (Lipinski definition) is 3. The third-order valence-corrected chi connectivity index (χ3v) is 5.12. The van der Waals surface area contributed by atoms with Crippen LogP contribution in [0.4, 0.5) is 4.79 Å². The molecule has 0 unspecified atom stereocenters. The fourth-order valence-corrected chi connectivity index (χ4v) is 3.21. The van der Waals surface area contributed by atoms with E-state index in [2.05, 4.69) is 51.9 Å². The standard InChI is InChI=1S/C23H35N5O2/c1-7-23(8-2,28-21(29)30-22(3,4)5)16-27-20(24-6)26-15-19-18-12-10-9-11-17(18)13-14-25-19/h9-14H,7-8,15-16H2,1-6H3,(H,28,29)(H2,24,26,27). The lowest BCUT2D eigenvalue weighted by molar-refractivity contribution is 0.0448. The van der Waals surface area contributed by atoms with E-state index in [0.29, 0.717) is 19.0 Å². The van der Waals surface area contributed by atoms with E-state index in [1.165, 1.54) is 0 Å². The number of guanidine groups is 1. The monoisotopic (exact) mass is 413 g/mol. The summed E-state index contributed by atoms with van der Waals surface area (Å²) in [7, 11) is 1.73. The van der Waals surface area contributed by atoms with Crippen molar-refractivity contribution in [1.82, 2.24) is 20.9 Å². The van der Waals surface area contributed by atoms with Gasteiger partial charge in [0.2, 0.25) is 0 Å². The highest BCUT2D eigenvalue weighted by atomic mass is 16.6. The first-order valence-corrected chi connectivity index (χ1v) is 10.5. The van der Waals surface area contributed by atoms with Crippen LogP contribution in [0.25, 0.3) is 10.8 Å². The summed E-state index contributed by atoms with van der Waals surface area (Å²) in [6.07, 6.45) is 2.94. The maximum Gasteiger partial charge on any atom is 0.408 e. The average Bonchev–Trinajstić information content (AvgIpc) is 2.71. The number of alkyl carbamates (subject to hydrolysis) is 1. The number of nitrogens with one attached hydrogen (secondary N) is 3. The first-order valence-electron chi connectivity index (χ1n) is 10.5. The quantitative estimate of drug-likeness (QED) is 0.472. The Morgan fingerprint density at radius 1 is 1.10 bits per heavy atom. The Kier molecular flexibility index (Phi) is 8.03. The highest BCUT2D eigenvalue weighted by Gasteiger charge is 2.30. The van der Waals surface area contributed by atoms with E-state index < -0.39 is 17.2 Å². The largest absolute Gasteiger partial charge is 0.444 e. The third kappa shape index (κ3) is 6.61. The van der Waals surface area contributed by atoms with Crippen LogP contribution >= 0.6 is 0 Å². The molecule has 0 atom stereocenters. The normalized spacial score (nSPS) is 12.5. The SMILES string of the molecule is CCC(CC)(CNC(=NC)NCc1nccc2ccccc12)NC(=O)OC(C)(C)C. The van der Waals surface area contributed by atoms with Crippen molar-refractivity contribution < 1.29 is 9.53 Å². The molecule has 0 fully saturated rings. The van der Waals surface area contributed by atoms with Crippen molar-refractivity contribution in [1.29, 1.82) is 0 Å². The Hall–Kier alpha value is -2.83. The van der Waals surface area contributed by atoms with E-state index >= 15 is 0 Å². The molecule has 0 spiro atoms. The molecule has 0 radical (unpaired) electrons. The van der Waals surface area contributed by atoms with E-state index in [0.717, 1.165) is 29.3 Å². The molecule has 1 amide bonds. The van der Waals surface area contributed by atoms with Crippen LogP contribution in [-0.4, -0.2) is 41.8 Å². The molecule has 2 rings (SSSR count). The highest BCUT2D eigenvalue weighted by Crippen LogP contribution is 2.17. The minimum absolute atomic E-state index is 0.407. The maximum absolute atomic E-state index is 12.3. The molecule has 1 aromatic carbocycles. The van der Waals surface area contributed by atoms with Gasteiger partial charge in [-0.15, -0.1) is 0 Å². The molecule has 7 nitrogen and oxygen atoms in total. The van der Waals surface area contributed by atoms with Crippen LogP contribution in [0.15, 0.2) is 41.5 Å². The number of ether oxygens (including phenoxy) is 1. The zero-order chi connectivity index (χ0) is 22.2. The van der Waals surface area contributed by atoms with Crippen LogP contribution in [0.1, 0.15) is 53.2 Å². The van der Waals surface area contributed by atoms with Crippen LogP contribution < -0.4 is 16.0 Å². The maximum atomic E-state index is 12.3. The summed E-state index contributed by atoms with van der Waals surface area (Å²) in [5, 5.41) is 12.0. The van der Waals surface area contributed by atoms with Crippen LogP contribution in [0.3, 0.4) is 0 Å². The number of carbonyl (C=O) groups excluding carboxylic acids is 1. The van der Waals surface area contributed by atoms with Crippen molar-refractivity contribution >= 4 is 22.8 Å². The van der Waals surface area contributed by atoms with E-state index in [4.69, 9.17) is 4.74 Å². The number of nitrogens with zero attached hydrogens (tertiary/aromatic N) is 2. The number of fused-ring (bicyclic) bond motifs is 1. The molecule has 3 N–H and O–H groups in total. The Balaban J connectivity index is 2.00. The second-order valence-electron chi connectivity index (χ2n) is 8.37. The summed E-state index contributed by atoms with van der Waals surface area (Å²) in [5.41, 5.74) is -0.00834. The molecule has 0 aliphatic rings. The molecule has 0 aliphatic carbocycles. The third-order valence-electron chi connectivity index (χ3n) is 5.12. The Bertz CT molecular complexity index is 864. The lowest BCUT2D eigenvalue weighted by Gasteiger charge is -2.34. The van der Waals surface area contributed by atoms with Crippen LogP contribution in [0, 0.1) is 0 Å². The Labute approximate surface area is 179 Å². The van der Waals surface area contributed by atoms with Gasteiger partial charge in [0.05, 0.1) is 17.8 Å². The molecule has 0 saturated carbocycles. The number of amides is 1. The van der Waals surface area contributed by atoms with E-state index in [1.807, 2.05) is 45.2 Å². The molecular weight excluding hydrogens is 378 g/mol. The molecule has 164 valence electrons. The minimum Gasteiger partial charge on any atom is -0.444 e. The molecule has 7 heteroatoms. The van der Waals surface area contributed by atoms with E-state index in [-0.39, 0.29) is 0 Å². The van der Waals surface area contributed by atoms with Crippen LogP contribution in [-0.2, 0) is 11.3 Å². The first kappa shape index (κ1) is 23.4. The predicted molar refractivity (Wildman–Crippen MR) is 123 cm³/mol. The molecule has 0 saturated heterocycles. The van der Waals surface area contributed by atoms with Crippen LogP contribution in [0.2, 0.25) is 0 Å². The van der Waals surface area contributed by atoms with E-state index in [1.54, 1.807) is 7.05 Å². The second-order valence-corrected chi connectivity index (χ2v) is 8.37. The van der Waals surface area contributed by atoms with Gasteiger partial charge < -0.3 is 20.7 Å². The van der Waals surface area contributed by atoms with Crippen molar-refractivity contribution in [3.8, 4) is 0 Å². The average molecular weight is 414 g/mol. The lowest BCUT2D eigenvalue weighted by atomic mass is 9.93. The number of aliphatic imine (C=N–C) groups is 1. The zero-order valence-corrected chi connectivity index (χ0v) is 19.0. The number of aromatic nitrogens is 1. The first-order chi connectivity index (χ1) is 14.2. The predicted octanol–water partition coefficient (Wildman–Crippen LogP) is 3.98. The fraction of sp³-hybridized carbons (Fsp3) is 0.522. The summed E-state index contributed by atoms with van der Waals surface area (Å²) >= 11 is 0. The number of rotatable bonds is 7. The highest BCUT2D eigenvalue weighted by molar-refractivity contribution is 5.85. The number of carbonyl (C=O) groups is 1. The molecule has 1 aromatic heterocycles. The summed E-state index contributed by atoms with van der Waals surface area (Å²) in [6.45, 7) is 10.8. The van der Waals surface area contributed by atoms with Gasteiger partial charge in [-0.1, -0.05) is 38.1 Å². The summed E-state index contributed by atoms with van der Waals surface area (Å²) in [6, 6.07) is 10.2. The number of hydrogen-bond acceptors (Lipinski definition) is 4. The van der Waals surface area contributed by atoms with Gasteiger partial charge in [0.25, 0.3) is 0 Å². The molecule has 0 aliphatic heterocycles. The van der Waals surface area contributed by atoms with Crippen molar-refractivity contribution in [2.24, 2.45) is 4.99 Å². The zero-order valence-electron chi connectivity index (χ0n) is 19.0. The lowest BCUT2D eigenvalue weighted by Crippen LogP contribution is -2.57. The Morgan fingerprint density at radius 2 is 1.80 bits per heavy atom. The van der Waals surface area contributed by atoms with E-state index in [9.17, 15) is 4.79 Å². The minimum atomic E-state index is -0.534. The summed E-state index contributed by atoms with van der Waals surface area (Å²) in [4.78, 5) is 21.2. The van der Waals surface area contributed by atoms with Gasteiger partial charge in [-0.25, -0.2) is 4.79 Å². The molecular formula is C23H35N5O2. The van der Waals surface area contributed by atoms with Gasteiger partial charge in [-0.3, -0.25) is 9.98 Å². The fourth-order valence-electron chi connectivity index (χ4n) is 3.21. The molecule has 2 aromatic rings. The summed E-state index contributed by atoms with van der Waals surface area (Å²) in [5.74, 6) is 0.655. The Morgan fingerprint density at radius 3 is 2.43 bits per heavy atom. The number of benzene rings is 1. The number of pyridine rings is 1.